The van der Waals surface area contributed by atoms with Gasteiger partial charge in [0.2, 0.25) is 0 Å². The number of benzene rings is 3. The molecule has 1 heterocycles. The maximum Gasteiger partial charge on any atom is 0.275 e. The molecular weight excluding hydrogens is 444 g/mol. The highest BCUT2D eigenvalue weighted by Crippen LogP contribution is 2.34. The predicted octanol–water partition coefficient (Wildman–Crippen LogP) is 6.61. The first-order chi connectivity index (χ1) is 15.5. The zero-order valence-corrected chi connectivity index (χ0v) is 19.2. The quantitative estimate of drug-likeness (QED) is 0.334. The van der Waals surface area contributed by atoms with Crippen LogP contribution in [0.4, 0.5) is 5.69 Å². The molecular formula is C25H21ClN2O3S. The minimum Gasteiger partial charge on any atom is -0.493 e. The Kier molecular flexibility index (Phi) is 6.73. The molecule has 0 radical (unpaired) electrons. The average Bonchev–Trinajstić information content (AvgIpc) is 3.31. The van der Waals surface area contributed by atoms with Crippen LogP contribution in [-0.2, 0) is 6.61 Å². The number of anilines is 1. The summed E-state index contributed by atoms with van der Waals surface area (Å²) in [4.78, 5) is 17.0. The number of carbonyl (C=O) groups excluding carboxylic acids is 1. The maximum atomic E-state index is 12.5. The van der Waals surface area contributed by atoms with E-state index in [1.54, 1.807) is 12.5 Å². The fourth-order valence-electron chi connectivity index (χ4n) is 3.00. The van der Waals surface area contributed by atoms with Crippen molar-refractivity contribution in [2.24, 2.45) is 0 Å². The van der Waals surface area contributed by atoms with Gasteiger partial charge in [-0.3, -0.25) is 4.79 Å². The molecule has 1 amide bonds. The summed E-state index contributed by atoms with van der Waals surface area (Å²) in [6.07, 6.45) is 0. The van der Waals surface area contributed by atoms with Gasteiger partial charge in [-0.05, 0) is 55.0 Å². The molecule has 4 aromatic rings. The molecule has 0 fully saturated rings. The maximum absolute atomic E-state index is 12.5. The monoisotopic (exact) mass is 464 g/mol. The van der Waals surface area contributed by atoms with Gasteiger partial charge in [-0.2, -0.15) is 0 Å². The Morgan fingerprint density at radius 1 is 1.03 bits per heavy atom. The average molecular weight is 465 g/mol. The Bertz CT molecular complexity index is 1220. The summed E-state index contributed by atoms with van der Waals surface area (Å²) in [7, 11) is 1.59. The number of aryl methyl sites for hydroxylation is 1. The van der Waals surface area contributed by atoms with Gasteiger partial charge in [0, 0.05) is 21.7 Å². The molecule has 0 aliphatic heterocycles. The first-order valence-electron chi connectivity index (χ1n) is 9.91. The lowest BCUT2D eigenvalue weighted by Crippen LogP contribution is -2.12. The summed E-state index contributed by atoms with van der Waals surface area (Å²) in [5, 5.41) is 6.03. The van der Waals surface area contributed by atoms with Gasteiger partial charge in [0.1, 0.15) is 17.3 Å². The van der Waals surface area contributed by atoms with E-state index >= 15 is 0 Å². The van der Waals surface area contributed by atoms with E-state index in [9.17, 15) is 4.79 Å². The number of hydrogen-bond acceptors (Lipinski definition) is 5. The van der Waals surface area contributed by atoms with Crippen LogP contribution in [-0.4, -0.2) is 18.0 Å². The van der Waals surface area contributed by atoms with Crippen LogP contribution < -0.4 is 14.8 Å². The molecule has 1 N–H and O–H groups in total. The van der Waals surface area contributed by atoms with E-state index in [-0.39, 0.29) is 5.91 Å². The van der Waals surface area contributed by atoms with Gasteiger partial charge in [-0.15, -0.1) is 11.3 Å². The standard InChI is InChI=1S/C25H21ClN2O3S/c1-16-3-10-20(11-4-16)27-24(29)21-15-32-25(28-21)18-7-12-22(23(13-18)30-2)31-14-17-5-8-19(26)9-6-17/h3-13,15H,14H2,1-2H3,(H,27,29). The zero-order chi connectivity index (χ0) is 22.5. The van der Waals surface area contributed by atoms with Crippen molar-refractivity contribution >= 4 is 34.5 Å². The molecule has 5 nitrogen and oxygen atoms in total. The molecule has 0 saturated carbocycles. The number of methoxy groups -OCH3 is 1. The third-order valence-electron chi connectivity index (χ3n) is 4.76. The number of hydrogen-bond donors (Lipinski definition) is 1. The highest BCUT2D eigenvalue weighted by Gasteiger charge is 2.14. The van der Waals surface area contributed by atoms with E-state index in [0.29, 0.717) is 28.8 Å². The Labute approximate surface area is 195 Å². The lowest BCUT2D eigenvalue weighted by atomic mass is 10.2. The van der Waals surface area contributed by atoms with Crippen molar-refractivity contribution in [1.29, 1.82) is 0 Å². The Morgan fingerprint density at radius 3 is 2.50 bits per heavy atom. The molecule has 0 atom stereocenters. The van der Waals surface area contributed by atoms with Crippen molar-refractivity contribution in [3.63, 3.8) is 0 Å². The molecule has 0 aliphatic rings. The molecule has 32 heavy (non-hydrogen) atoms. The van der Waals surface area contributed by atoms with Crippen molar-refractivity contribution in [3.8, 4) is 22.1 Å². The summed E-state index contributed by atoms with van der Waals surface area (Å²) in [5.74, 6) is 0.976. The fraction of sp³-hybridized carbons (Fsp3) is 0.120. The van der Waals surface area contributed by atoms with Crippen LogP contribution in [0.3, 0.4) is 0 Å². The number of rotatable bonds is 7. The van der Waals surface area contributed by atoms with E-state index in [1.807, 2.05) is 73.7 Å². The van der Waals surface area contributed by atoms with Gasteiger partial charge in [0.15, 0.2) is 11.5 Å². The largest absolute Gasteiger partial charge is 0.493 e. The van der Waals surface area contributed by atoms with Gasteiger partial charge in [0.25, 0.3) is 5.91 Å². The summed E-state index contributed by atoms with van der Waals surface area (Å²) in [6, 6.07) is 20.7. The van der Waals surface area contributed by atoms with Gasteiger partial charge >= 0.3 is 0 Å². The van der Waals surface area contributed by atoms with Crippen LogP contribution in [0.5, 0.6) is 11.5 Å². The smallest absolute Gasteiger partial charge is 0.275 e. The van der Waals surface area contributed by atoms with Crippen LogP contribution >= 0.6 is 22.9 Å². The number of amides is 1. The minimum atomic E-state index is -0.244. The number of carbonyl (C=O) groups is 1. The molecule has 162 valence electrons. The minimum absolute atomic E-state index is 0.244. The van der Waals surface area contributed by atoms with Crippen LogP contribution in [0.2, 0.25) is 5.02 Å². The predicted molar refractivity (Wildman–Crippen MR) is 129 cm³/mol. The van der Waals surface area contributed by atoms with E-state index in [4.69, 9.17) is 21.1 Å². The lowest BCUT2D eigenvalue weighted by molar-refractivity contribution is 0.102. The van der Waals surface area contributed by atoms with Crippen LogP contribution in [0.15, 0.2) is 72.1 Å². The molecule has 0 aliphatic carbocycles. The second-order valence-electron chi connectivity index (χ2n) is 7.14. The molecule has 4 rings (SSSR count). The van der Waals surface area contributed by atoms with Crippen LogP contribution in [0.1, 0.15) is 21.6 Å². The SMILES string of the molecule is COc1cc(-c2nc(C(=O)Nc3ccc(C)cc3)cs2)ccc1OCc1ccc(Cl)cc1. The van der Waals surface area contributed by atoms with E-state index in [1.165, 1.54) is 11.3 Å². The number of nitrogens with one attached hydrogen (secondary N) is 1. The number of aromatic nitrogens is 1. The Morgan fingerprint density at radius 2 is 1.78 bits per heavy atom. The normalized spacial score (nSPS) is 10.6. The van der Waals surface area contributed by atoms with Crippen molar-refractivity contribution in [2.45, 2.75) is 13.5 Å². The second-order valence-corrected chi connectivity index (χ2v) is 8.43. The van der Waals surface area contributed by atoms with Crippen molar-refractivity contribution in [2.75, 3.05) is 12.4 Å². The third-order valence-corrected chi connectivity index (χ3v) is 5.91. The van der Waals surface area contributed by atoms with E-state index in [2.05, 4.69) is 10.3 Å². The number of thiazole rings is 1. The van der Waals surface area contributed by atoms with Gasteiger partial charge < -0.3 is 14.8 Å². The highest BCUT2D eigenvalue weighted by molar-refractivity contribution is 7.13. The fourth-order valence-corrected chi connectivity index (χ4v) is 3.93. The Hall–Kier alpha value is -3.35. The van der Waals surface area contributed by atoms with E-state index < -0.39 is 0 Å². The molecule has 0 unspecified atom stereocenters. The number of ether oxygens (including phenoxy) is 2. The van der Waals surface area contributed by atoms with Gasteiger partial charge in [0.05, 0.1) is 7.11 Å². The highest BCUT2D eigenvalue weighted by atomic mass is 35.5. The number of halogens is 1. The van der Waals surface area contributed by atoms with Crippen LogP contribution in [0, 0.1) is 6.92 Å². The summed E-state index contributed by atoms with van der Waals surface area (Å²) in [5.41, 5.74) is 4.09. The summed E-state index contributed by atoms with van der Waals surface area (Å²) in [6.45, 7) is 2.40. The van der Waals surface area contributed by atoms with Gasteiger partial charge in [-0.25, -0.2) is 4.98 Å². The summed E-state index contributed by atoms with van der Waals surface area (Å²) < 4.78 is 11.4. The molecule has 0 bridgehead atoms. The molecule has 0 spiro atoms. The topological polar surface area (TPSA) is 60.5 Å². The molecule has 3 aromatic carbocycles. The van der Waals surface area contributed by atoms with Crippen molar-refractivity contribution in [3.05, 3.63) is 94.0 Å². The molecule has 0 saturated heterocycles. The third kappa shape index (κ3) is 5.28. The Balaban J connectivity index is 1.46. The first kappa shape index (κ1) is 21.9. The summed E-state index contributed by atoms with van der Waals surface area (Å²) >= 11 is 7.33. The zero-order valence-electron chi connectivity index (χ0n) is 17.6. The second kappa shape index (κ2) is 9.85. The van der Waals surface area contributed by atoms with Crippen molar-refractivity contribution in [1.82, 2.24) is 4.98 Å². The lowest BCUT2D eigenvalue weighted by Gasteiger charge is -2.12. The molecule has 7 heteroatoms. The van der Waals surface area contributed by atoms with Gasteiger partial charge in [-0.1, -0.05) is 41.4 Å². The van der Waals surface area contributed by atoms with E-state index in [0.717, 1.165) is 27.4 Å². The number of nitrogens with zero attached hydrogens (tertiary/aromatic N) is 1. The van der Waals surface area contributed by atoms with Crippen molar-refractivity contribution < 1.29 is 14.3 Å². The van der Waals surface area contributed by atoms with Crippen LogP contribution in [0.25, 0.3) is 10.6 Å². The first-order valence-corrected chi connectivity index (χ1v) is 11.2. The molecule has 1 aromatic heterocycles.